The zero-order chi connectivity index (χ0) is 19.6. The van der Waals surface area contributed by atoms with Crippen molar-refractivity contribution in [2.24, 2.45) is 0 Å². The summed E-state index contributed by atoms with van der Waals surface area (Å²) in [5.41, 5.74) is -0.118. The van der Waals surface area contributed by atoms with Crippen LogP contribution in [0.2, 0.25) is 0 Å². The summed E-state index contributed by atoms with van der Waals surface area (Å²) in [5.74, 6) is 0. The molecule has 0 bridgehead atoms. The Labute approximate surface area is 160 Å². The maximum absolute atomic E-state index is 12.9. The first kappa shape index (κ1) is 19.5. The van der Waals surface area contributed by atoms with E-state index in [0.29, 0.717) is 31.9 Å². The van der Waals surface area contributed by atoms with Crippen LogP contribution in [0.25, 0.3) is 0 Å². The molecule has 0 spiro atoms. The van der Waals surface area contributed by atoms with E-state index in [1.165, 1.54) is 10.9 Å². The van der Waals surface area contributed by atoms with Crippen LogP contribution in [-0.4, -0.2) is 37.1 Å². The van der Waals surface area contributed by atoms with E-state index in [-0.39, 0.29) is 12.1 Å². The molecule has 27 heavy (non-hydrogen) atoms. The Kier molecular flexibility index (Phi) is 5.64. The Hall–Kier alpha value is -2.22. The van der Waals surface area contributed by atoms with Gasteiger partial charge in [0.2, 0.25) is 0 Å². The lowest BCUT2D eigenvalue weighted by Crippen LogP contribution is -2.52. The maximum Gasteiger partial charge on any atom is 0.416 e. The number of nitrogens with one attached hydrogen (secondary N) is 1. The number of benzene rings is 1. The van der Waals surface area contributed by atoms with Gasteiger partial charge in [0.15, 0.2) is 0 Å². The van der Waals surface area contributed by atoms with Crippen molar-refractivity contribution in [2.75, 3.05) is 31.1 Å². The minimum Gasteiger partial charge on any atom is -0.368 e. The smallest absolute Gasteiger partial charge is 0.368 e. The van der Waals surface area contributed by atoms with Gasteiger partial charge in [0.1, 0.15) is 0 Å². The summed E-state index contributed by atoms with van der Waals surface area (Å²) in [7, 11) is 0. The fourth-order valence-corrected chi connectivity index (χ4v) is 3.96. The Morgan fingerprint density at radius 3 is 2.44 bits per heavy atom. The summed E-state index contributed by atoms with van der Waals surface area (Å²) >= 11 is 1.65. The normalized spacial score (nSPS) is 16.3. The van der Waals surface area contributed by atoms with Gasteiger partial charge in [-0.2, -0.15) is 13.2 Å². The number of amides is 2. The maximum atomic E-state index is 12.9. The van der Waals surface area contributed by atoms with Gasteiger partial charge in [-0.15, -0.1) is 11.3 Å². The van der Waals surface area contributed by atoms with Crippen LogP contribution in [0.1, 0.15) is 28.3 Å². The lowest BCUT2D eigenvalue weighted by atomic mass is 10.1. The minimum absolute atomic E-state index is 0.0716. The molecule has 3 rings (SSSR count). The molecule has 1 saturated heterocycles. The van der Waals surface area contributed by atoms with Gasteiger partial charge in [-0.25, -0.2) is 4.79 Å². The first-order chi connectivity index (χ1) is 12.7. The number of carbonyl (C=O) groups is 1. The van der Waals surface area contributed by atoms with Gasteiger partial charge in [-0.05, 0) is 44.2 Å². The second-order valence-corrected chi connectivity index (χ2v) is 7.96. The number of hydrogen-bond donors (Lipinski definition) is 1. The summed E-state index contributed by atoms with van der Waals surface area (Å²) in [6, 6.07) is 9.15. The molecule has 1 aromatic heterocycles. The number of nitrogens with zero attached hydrogens (tertiary/aromatic N) is 2. The van der Waals surface area contributed by atoms with E-state index < -0.39 is 11.7 Å². The molecule has 146 valence electrons. The van der Waals surface area contributed by atoms with Gasteiger partial charge < -0.3 is 15.1 Å². The number of halogens is 3. The fourth-order valence-electron chi connectivity index (χ4n) is 3.08. The summed E-state index contributed by atoms with van der Waals surface area (Å²) in [6.07, 6.45) is -4.35. The number of thiophene rings is 1. The van der Waals surface area contributed by atoms with E-state index in [2.05, 4.69) is 5.32 Å². The number of rotatable bonds is 3. The SMILES string of the molecule is Cc1ccc([C@H](C)NC(=O)N2CCN(c3cccc(C(F)(F)F)c3)CC2)s1. The molecular weight excluding hydrogens is 375 g/mol. The lowest BCUT2D eigenvalue weighted by Gasteiger charge is -2.36. The summed E-state index contributed by atoms with van der Waals surface area (Å²) in [4.78, 5) is 18.4. The third kappa shape index (κ3) is 4.74. The standard InChI is InChI=1S/C19H22F3N3OS/c1-13-6-7-17(27-13)14(2)23-18(26)25-10-8-24(9-11-25)16-5-3-4-15(12-16)19(20,21)22/h3-7,12,14H,8-11H2,1-2H3,(H,23,26)/t14-/m0/s1. The van der Waals surface area contributed by atoms with Crippen molar-refractivity contribution < 1.29 is 18.0 Å². The van der Waals surface area contributed by atoms with E-state index in [1.54, 1.807) is 22.3 Å². The predicted octanol–water partition coefficient (Wildman–Crippen LogP) is 4.67. The average molecular weight is 397 g/mol. The zero-order valence-electron chi connectivity index (χ0n) is 15.2. The first-order valence-electron chi connectivity index (χ1n) is 8.78. The van der Waals surface area contributed by atoms with Crippen molar-refractivity contribution in [1.82, 2.24) is 10.2 Å². The highest BCUT2D eigenvalue weighted by molar-refractivity contribution is 7.12. The molecule has 1 aromatic carbocycles. The van der Waals surface area contributed by atoms with Crippen molar-refractivity contribution in [2.45, 2.75) is 26.1 Å². The minimum atomic E-state index is -4.35. The molecule has 1 aliphatic heterocycles. The van der Waals surface area contributed by atoms with E-state index >= 15 is 0 Å². The van der Waals surface area contributed by atoms with Crippen LogP contribution in [0, 0.1) is 6.92 Å². The zero-order valence-corrected chi connectivity index (χ0v) is 16.0. The molecular formula is C19H22F3N3OS. The highest BCUT2D eigenvalue weighted by atomic mass is 32.1. The van der Waals surface area contributed by atoms with Gasteiger partial charge in [-0.1, -0.05) is 6.07 Å². The Morgan fingerprint density at radius 1 is 1.15 bits per heavy atom. The molecule has 0 radical (unpaired) electrons. The molecule has 2 heterocycles. The Bertz CT molecular complexity index is 797. The highest BCUT2D eigenvalue weighted by Gasteiger charge is 2.31. The molecule has 0 aliphatic carbocycles. The van der Waals surface area contributed by atoms with Gasteiger partial charge in [-0.3, -0.25) is 0 Å². The number of alkyl halides is 3. The molecule has 1 N–H and O–H groups in total. The second-order valence-electron chi connectivity index (χ2n) is 6.64. The van der Waals surface area contributed by atoms with E-state index in [1.807, 2.05) is 30.9 Å². The molecule has 1 aliphatic rings. The van der Waals surface area contributed by atoms with Crippen LogP contribution in [0.5, 0.6) is 0 Å². The van der Waals surface area contributed by atoms with Gasteiger partial charge in [0, 0.05) is 41.6 Å². The number of piperazine rings is 1. The van der Waals surface area contributed by atoms with Crippen molar-refractivity contribution in [1.29, 1.82) is 0 Å². The molecule has 0 unspecified atom stereocenters. The van der Waals surface area contributed by atoms with E-state index in [4.69, 9.17) is 0 Å². The summed E-state index contributed by atoms with van der Waals surface area (Å²) in [5, 5.41) is 2.99. The highest BCUT2D eigenvalue weighted by Crippen LogP contribution is 2.32. The summed E-state index contributed by atoms with van der Waals surface area (Å²) < 4.78 is 38.7. The molecule has 8 heteroatoms. The van der Waals surface area contributed by atoms with Crippen molar-refractivity contribution in [3.63, 3.8) is 0 Å². The molecule has 0 saturated carbocycles. The monoisotopic (exact) mass is 397 g/mol. The average Bonchev–Trinajstić information content (AvgIpc) is 3.08. The molecule has 1 fully saturated rings. The lowest BCUT2D eigenvalue weighted by molar-refractivity contribution is -0.137. The van der Waals surface area contributed by atoms with Crippen molar-refractivity contribution in [3.8, 4) is 0 Å². The Morgan fingerprint density at radius 2 is 1.85 bits per heavy atom. The van der Waals surface area contributed by atoms with Gasteiger partial charge >= 0.3 is 12.2 Å². The molecule has 4 nitrogen and oxygen atoms in total. The predicted molar refractivity (Wildman–Crippen MR) is 101 cm³/mol. The van der Waals surface area contributed by atoms with Crippen LogP contribution < -0.4 is 10.2 Å². The molecule has 2 aromatic rings. The van der Waals surface area contributed by atoms with E-state index in [9.17, 15) is 18.0 Å². The Balaban J connectivity index is 1.56. The van der Waals surface area contributed by atoms with Crippen LogP contribution in [0.15, 0.2) is 36.4 Å². The van der Waals surface area contributed by atoms with Crippen molar-refractivity contribution >= 4 is 23.1 Å². The van der Waals surface area contributed by atoms with Crippen molar-refractivity contribution in [3.05, 3.63) is 51.7 Å². The molecule has 1 atom stereocenters. The van der Waals surface area contributed by atoms with Crippen LogP contribution >= 0.6 is 11.3 Å². The topological polar surface area (TPSA) is 35.6 Å². The second kappa shape index (κ2) is 7.80. The van der Waals surface area contributed by atoms with Crippen LogP contribution in [0.3, 0.4) is 0 Å². The number of urea groups is 1. The number of hydrogen-bond acceptors (Lipinski definition) is 3. The number of carbonyl (C=O) groups excluding carboxylic acids is 1. The first-order valence-corrected chi connectivity index (χ1v) is 9.59. The number of aryl methyl sites for hydroxylation is 1. The third-order valence-electron chi connectivity index (χ3n) is 4.63. The number of anilines is 1. The fraction of sp³-hybridized carbons (Fsp3) is 0.421. The molecule has 2 amide bonds. The third-order valence-corrected chi connectivity index (χ3v) is 5.82. The van der Waals surface area contributed by atoms with Crippen LogP contribution in [0.4, 0.5) is 23.7 Å². The van der Waals surface area contributed by atoms with Crippen LogP contribution in [-0.2, 0) is 6.18 Å². The van der Waals surface area contributed by atoms with E-state index in [0.717, 1.165) is 17.0 Å². The quantitative estimate of drug-likeness (QED) is 0.817. The van der Waals surface area contributed by atoms with Gasteiger partial charge in [0.25, 0.3) is 0 Å². The largest absolute Gasteiger partial charge is 0.416 e. The summed E-state index contributed by atoms with van der Waals surface area (Å²) in [6.45, 7) is 5.91. The van der Waals surface area contributed by atoms with Gasteiger partial charge in [0.05, 0.1) is 11.6 Å².